The smallest absolute Gasteiger partial charge is 2.00 e. The first-order valence-electron chi connectivity index (χ1n) is 0.365. The van der Waals surface area contributed by atoms with Gasteiger partial charge in [-0.1, -0.05) is 0 Å². The standard InChI is InChI=1S/HNO2.Nb.O.Ti/c2-1-3;;;/h(H,2,3);;;/q;+5;-2;+4/p-1. The average Bonchev–Trinajstić information content (AvgIpc) is 0.918. The van der Waals surface area contributed by atoms with Crippen molar-refractivity contribution in [3.8, 4) is 0 Å². The first-order valence-corrected chi connectivity index (χ1v) is 0.365. The second-order valence-electron chi connectivity index (χ2n) is 0.0745. The van der Waals surface area contributed by atoms with E-state index in [0.717, 1.165) is 5.34 Å². The third-order valence-electron chi connectivity index (χ3n) is 0. The van der Waals surface area contributed by atoms with Gasteiger partial charge in [0.1, 0.15) is 0 Å². The molecule has 0 radical (unpaired) electrons. The summed E-state index contributed by atoms with van der Waals surface area (Å²) in [6.45, 7) is 0. The number of nitrogens with zero attached hydrogens (tertiary/aromatic N) is 1. The molecule has 4 nitrogen and oxygen atoms in total. The SMILES string of the molecule is O=N[O-].[Nb+5].[O-2].[Ti+4]. The summed E-state index contributed by atoms with van der Waals surface area (Å²) in [7, 11) is 0. The minimum atomic E-state index is 0. The van der Waals surface area contributed by atoms with Gasteiger partial charge >= 0.3 is 44.1 Å². The van der Waals surface area contributed by atoms with Crippen molar-refractivity contribution in [1.82, 2.24) is 0 Å². The van der Waals surface area contributed by atoms with Gasteiger partial charge < -0.3 is 15.6 Å². The van der Waals surface area contributed by atoms with Crippen molar-refractivity contribution in [1.29, 1.82) is 0 Å². The minimum absolute atomic E-state index is 0. The van der Waals surface area contributed by atoms with Gasteiger partial charge in [-0.2, -0.15) is 0 Å². The Morgan fingerprint density at radius 2 is 1.50 bits per heavy atom. The molecular weight excluding hydrogens is 203 g/mol. The van der Waals surface area contributed by atoms with E-state index >= 15 is 0 Å². The quantitative estimate of drug-likeness (QED) is 0.318. The predicted molar refractivity (Wildman–Crippen MR) is 9.85 cm³/mol. The van der Waals surface area contributed by atoms with Crippen LogP contribution in [0.5, 0.6) is 0 Å². The van der Waals surface area contributed by atoms with Crippen LogP contribution >= 0.6 is 0 Å². The molecule has 0 aromatic carbocycles. The zero-order valence-electron chi connectivity index (χ0n) is 2.62. The van der Waals surface area contributed by atoms with Crippen LogP contribution in [0.1, 0.15) is 0 Å². The van der Waals surface area contributed by atoms with Crippen LogP contribution in [0.25, 0.3) is 0 Å². The van der Waals surface area contributed by atoms with Crippen LogP contribution in [0.3, 0.4) is 0 Å². The van der Waals surface area contributed by atoms with Gasteiger partial charge in [0.05, 0.1) is 0 Å². The van der Waals surface area contributed by atoms with Gasteiger partial charge in [-0.15, -0.1) is 5.34 Å². The molecule has 0 bridgehead atoms. The summed E-state index contributed by atoms with van der Waals surface area (Å²) in [6.07, 6.45) is 0. The number of hydrogen-bond donors (Lipinski definition) is 0. The summed E-state index contributed by atoms with van der Waals surface area (Å²) in [5.41, 5.74) is 0. The van der Waals surface area contributed by atoms with Crippen molar-refractivity contribution in [2.75, 3.05) is 0 Å². The van der Waals surface area contributed by atoms with Crippen molar-refractivity contribution < 1.29 is 49.6 Å². The van der Waals surface area contributed by atoms with Gasteiger partial charge in [-0.3, -0.25) is 0 Å². The third-order valence-corrected chi connectivity index (χ3v) is 0. The van der Waals surface area contributed by atoms with Gasteiger partial charge in [0.15, 0.2) is 0 Å². The summed E-state index contributed by atoms with van der Waals surface area (Å²) in [6, 6.07) is 0. The summed E-state index contributed by atoms with van der Waals surface area (Å²) in [5.74, 6) is 0. The molecule has 6 heavy (non-hydrogen) atoms. The Kier molecular flexibility index (Phi) is 198. The van der Waals surface area contributed by atoms with Crippen molar-refractivity contribution in [2.24, 2.45) is 5.34 Å². The first kappa shape index (κ1) is 29.1. The van der Waals surface area contributed by atoms with E-state index < -0.39 is 0 Å². The normalized spacial score (nSPS) is 2.00. The molecule has 0 aromatic rings. The Morgan fingerprint density at radius 3 is 1.50 bits per heavy atom. The molecule has 0 atom stereocenters. The average molecular weight is 203 g/mol. The van der Waals surface area contributed by atoms with E-state index in [9.17, 15) is 0 Å². The van der Waals surface area contributed by atoms with Gasteiger partial charge in [-0.05, 0) is 0 Å². The van der Waals surface area contributed by atoms with E-state index in [2.05, 4.69) is 0 Å². The Bertz CT molecular complexity index is 18.3. The Balaban J connectivity index is -0.00000000667. The molecule has 0 unspecified atom stereocenters. The molecule has 0 spiro atoms. The van der Waals surface area contributed by atoms with Gasteiger partial charge in [0.25, 0.3) is 0 Å². The van der Waals surface area contributed by atoms with Crippen molar-refractivity contribution in [3.63, 3.8) is 0 Å². The summed E-state index contributed by atoms with van der Waals surface area (Å²) >= 11 is 0. The zero-order chi connectivity index (χ0) is 2.71. The molecule has 0 aliphatic carbocycles. The molecule has 0 N–H and O–H groups in total. The van der Waals surface area contributed by atoms with Gasteiger partial charge in [-0.25, -0.2) is 0 Å². The molecule has 6 heteroatoms. The Labute approximate surface area is 64.9 Å². The largest absolute Gasteiger partial charge is 5.00 e. The van der Waals surface area contributed by atoms with Crippen LogP contribution in [-0.4, -0.2) is 0 Å². The van der Waals surface area contributed by atoms with Crippen LogP contribution in [0.15, 0.2) is 5.34 Å². The van der Waals surface area contributed by atoms with Gasteiger partial charge in [0, 0.05) is 0 Å². The van der Waals surface area contributed by atoms with Crippen LogP contribution in [0.4, 0.5) is 0 Å². The summed E-state index contributed by atoms with van der Waals surface area (Å²) < 4.78 is 0. The van der Waals surface area contributed by atoms with Crippen molar-refractivity contribution >= 4 is 0 Å². The fourth-order valence-corrected chi connectivity index (χ4v) is 0. The maximum atomic E-state index is 8.00. The van der Waals surface area contributed by atoms with E-state index in [4.69, 9.17) is 10.1 Å². The molecule has 0 aliphatic rings. The second kappa shape index (κ2) is 40.9. The molecule has 0 heterocycles. The van der Waals surface area contributed by atoms with E-state index in [0.29, 0.717) is 0 Å². The van der Waals surface area contributed by atoms with Crippen molar-refractivity contribution in [2.45, 2.75) is 0 Å². The zero-order valence-corrected chi connectivity index (χ0v) is 6.38. The number of rotatable bonds is 0. The molecule has 0 amide bonds. The molecule has 0 aliphatic heterocycles. The fraction of sp³-hybridized carbons (Fsp3) is 0. The predicted octanol–water partition coefficient (Wildman–Crippen LogP) is 0.127. The Morgan fingerprint density at radius 1 is 1.50 bits per heavy atom. The van der Waals surface area contributed by atoms with Crippen LogP contribution in [-0.2, 0) is 49.6 Å². The van der Waals surface area contributed by atoms with Gasteiger partial charge in [0.2, 0.25) is 0 Å². The van der Waals surface area contributed by atoms with E-state index in [1.54, 1.807) is 0 Å². The van der Waals surface area contributed by atoms with Crippen LogP contribution < -0.4 is 0 Å². The molecule has 0 saturated heterocycles. The topological polar surface area (TPSA) is 81.0 Å². The third kappa shape index (κ3) is 106. The molecule has 0 fully saturated rings. The number of hydrogen-bond acceptors (Lipinski definition) is 3. The second-order valence-corrected chi connectivity index (χ2v) is 0.0745. The molecule has 0 saturated carbocycles. The van der Waals surface area contributed by atoms with E-state index in [1.165, 1.54) is 0 Å². The molecule has 0 aromatic heterocycles. The van der Waals surface area contributed by atoms with E-state index in [-0.39, 0.29) is 49.6 Å². The summed E-state index contributed by atoms with van der Waals surface area (Å²) in [4.78, 5) is 8.00. The van der Waals surface area contributed by atoms with Crippen LogP contribution in [0, 0.1) is 10.1 Å². The molecule has 0 rings (SSSR count). The molecular formula is NNbO3Ti+6. The minimum Gasteiger partial charge on any atom is -2.00 e. The van der Waals surface area contributed by atoms with Crippen molar-refractivity contribution in [3.05, 3.63) is 10.1 Å². The summed E-state index contributed by atoms with van der Waals surface area (Å²) in [5, 5.41) is 9.00. The maximum absolute atomic E-state index is 8.00. The first-order chi connectivity index (χ1) is 1.41. The van der Waals surface area contributed by atoms with Crippen LogP contribution in [0.2, 0.25) is 0 Å². The Hall–Kier alpha value is 0.815. The fourth-order valence-electron chi connectivity index (χ4n) is 0. The maximum Gasteiger partial charge on any atom is 5.00 e. The monoisotopic (exact) mass is 203 g/mol. The molecule has 26 valence electrons. The van der Waals surface area contributed by atoms with E-state index in [1.807, 2.05) is 0 Å².